The van der Waals surface area contributed by atoms with Gasteiger partial charge in [-0.3, -0.25) is 4.79 Å². The Morgan fingerprint density at radius 3 is 2.47 bits per heavy atom. The van der Waals surface area contributed by atoms with Crippen LogP contribution in [0.5, 0.6) is 5.75 Å². The lowest BCUT2D eigenvalue weighted by Crippen LogP contribution is -2.15. The Balaban J connectivity index is 1.46. The molecule has 10 heteroatoms. The average molecular weight is 519 g/mol. The van der Waals surface area contributed by atoms with E-state index in [2.05, 4.69) is 42.9 Å². The minimum absolute atomic E-state index is 0.0135. The van der Waals surface area contributed by atoms with Crippen LogP contribution in [0.2, 0.25) is 0 Å². The molecule has 1 heterocycles. The highest BCUT2D eigenvalue weighted by molar-refractivity contribution is 9.10. The van der Waals surface area contributed by atoms with Crippen molar-refractivity contribution in [3.63, 3.8) is 0 Å². The van der Waals surface area contributed by atoms with Crippen LogP contribution in [0.25, 0.3) is 0 Å². The summed E-state index contributed by atoms with van der Waals surface area (Å²) in [5.74, 6) is 0.551. The number of rotatable bonds is 10. The maximum Gasteiger partial charge on any atom is 0.264 e. The van der Waals surface area contributed by atoms with E-state index >= 15 is 0 Å². The number of aryl methyl sites for hydroxylation is 1. The van der Waals surface area contributed by atoms with Gasteiger partial charge in [0, 0.05) is 24.5 Å². The Bertz CT molecular complexity index is 1160. The van der Waals surface area contributed by atoms with Gasteiger partial charge < -0.3 is 10.1 Å². The van der Waals surface area contributed by atoms with Crippen molar-refractivity contribution in [2.75, 3.05) is 16.6 Å². The number of anilines is 2. The van der Waals surface area contributed by atoms with Gasteiger partial charge in [-0.2, -0.15) is 0 Å². The Labute approximate surface area is 195 Å². The molecule has 1 aromatic heterocycles. The summed E-state index contributed by atoms with van der Waals surface area (Å²) in [7, 11) is -3.82. The lowest BCUT2D eigenvalue weighted by Gasteiger charge is -2.10. The first-order valence-corrected chi connectivity index (χ1v) is 12.3. The van der Waals surface area contributed by atoms with E-state index in [0.717, 1.165) is 16.6 Å². The first kappa shape index (κ1) is 23.7. The molecule has 1 amide bonds. The van der Waals surface area contributed by atoms with E-state index < -0.39 is 10.0 Å². The minimum Gasteiger partial charge on any atom is -0.492 e. The fourth-order valence-electron chi connectivity index (χ4n) is 2.77. The van der Waals surface area contributed by atoms with Crippen LogP contribution < -0.4 is 14.8 Å². The number of aromatic nitrogens is 2. The summed E-state index contributed by atoms with van der Waals surface area (Å²) in [5, 5.41) is 2.75. The molecule has 0 atom stereocenters. The predicted molar refractivity (Wildman–Crippen MR) is 126 cm³/mol. The van der Waals surface area contributed by atoms with Crippen LogP contribution in [0.4, 0.5) is 11.6 Å². The topological polar surface area (TPSA) is 110 Å². The average Bonchev–Trinajstić information content (AvgIpc) is 2.78. The third-order valence-electron chi connectivity index (χ3n) is 4.45. The molecule has 0 fully saturated rings. The summed E-state index contributed by atoms with van der Waals surface area (Å²) in [6.45, 7) is 2.49. The molecule has 0 bridgehead atoms. The van der Waals surface area contributed by atoms with Crippen molar-refractivity contribution in [1.29, 1.82) is 0 Å². The van der Waals surface area contributed by atoms with Crippen LogP contribution in [-0.2, 0) is 21.2 Å². The van der Waals surface area contributed by atoms with E-state index in [-0.39, 0.29) is 23.2 Å². The normalized spacial score (nSPS) is 11.1. The third-order valence-corrected chi connectivity index (χ3v) is 6.41. The smallest absolute Gasteiger partial charge is 0.264 e. The van der Waals surface area contributed by atoms with Gasteiger partial charge in [-0.15, -0.1) is 0 Å². The van der Waals surface area contributed by atoms with Gasteiger partial charge in [-0.25, -0.2) is 23.1 Å². The van der Waals surface area contributed by atoms with Gasteiger partial charge in [-0.05, 0) is 76.8 Å². The molecule has 168 valence electrons. The summed E-state index contributed by atoms with van der Waals surface area (Å²) in [6.07, 6.45) is 4.65. The largest absolute Gasteiger partial charge is 0.492 e. The van der Waals surface area contributed by atoms with Crippen LogP contribution in [0.1, 0.15) is 25.3 Å². The monoisotopic (exact) mass is 518 g/mol. The van der Waals surface area contributed by atoms with Crippen molar-refractivity contribution in [2.24, 2.45) is 0 Å². The van der Waals surface area contributed by atoms with Gasteiger partial charge in [-0.1, -0.05) is 13.0 Å². The third kappa shape index (κ3) is 6.76. The zero-order chi connectivity index (χ0) is 23.0. The van der Waals surface area contributed by atoms with Crippen molar-refractivity contribution in [2.45, 2.75) is 31.1 Å². The Morgan fingerprint density at radius 1 is 1.09 bits per heavy atom. The molecule has 0 unspecified atom stereocenters. The fourth-order valence-corrected chi connectivity index (χ4v) is 4.27. The van der Waals surface area contributed by atoms with Crippen LogP contribution in [0, 0.1) is 0 Å². The van der Waals surface area contributed by atoms with Gasteiger partial charge in [0.15, 0.2) is 0 Å². The molecule has 0 aliphatic rings. The highest BCUT2D eigenvalue weighted by Gasteiger charge is 2.15. The second-order valence-electron chi connectivity index (χ2n) is 6.82. The number of hydrogen-bond donors (Lipinski definition) is 2. The van der Waals surface area contributed by atoms with Crippen molar-refractivity contribution >= 4 is 43.5 Å². The number of hydrogen-bond acceptors (Lipinski definition) is 6. The molecule has 2 aromatic carbocycles. The number of sulfonamides is 1. The van der Waals surface area contributed by atoms with Crippen LogP contribution in [-0.4, -0.2) is 30.9 Å². The van der Waals surface area contributed by atoms with E-state index in [1.807, 2.05) is 18.2 Å². The molecule has 0 aliphatic carbocycles. The standard InChI is InChI=1S/C22H23BrN4O4S/c1-2-16-6-11-20(19(23)15-16)31-14-3-5-21(28)26-17-7-9-18(10-8-17)32(29,30)27-22-24-12-4-13-25-22/h4,6-13,15H,2-3,5,14H2,1H3,(H,26,28)(H,24,25,27). The number of carbonyl (C=O) groups is 1. The molecule has 0 radical (unpaired) electrons. The molecule has 0 aliphatic heterocycles. The lowest BCUT2D eigenvalue weighted by molar-refractivity contribution is -0.116. The Kier molecular flexibility index (Phi) is 8.18. The molecule has 0 spiro atoms. The molecule has 0 saturated heterocycles. The van der Waals surface area contributed by atoms with Crippen LogP contribution >= 0.6 is 15.9 Å². The first-order valence-electron chi connectivity index (χ1n) is 9.98. The van der Waals surface area contributed by atoms with E-state index in [1.54, 1.807) is 6.07 Å². The first-order chi connectivity index (χ1) is 15.4. The lowest BCUT2D eigenvalue weighted by atomic mass is 10.2. The molecular formula is C22H23BrN4O4S. The zero-order valence-corrected chi connectivity index (χ0v) is 19.8. The highest BCUT2D eigenvalue weighted by Crippen LogP contribution is 2.26. The number of amides is 1. The van der Waals surface area contributed by atoms with Gasteiger partial charge in [0.2, 0.25) is 11.9 Å². The van der Waals surface area contributed by atoms with E-state index in [0.29, 0.717) is 18.7 Å². The van der Waals surface area contributed by atoms with Crippen LogP contribution in [0.3, 0.4) is 0 Å². The highest BCUT2D eigenvalue weighted by atomic mass is 79.9. The molecular weight excluding hydrogens is 496 g/mol. The summed E-state index contributed by atoms with van der Waals surface area (Å²) in [5.41, 5.74) is 1.72. The second kappa shape index (κ2) is 11.1. The summed E-state index contributed by atoms with van der Waals surface area (Å²) < 4.78 is 33.7. The Hall–Kier alpha value is -2.98. The minimum atomic E-state index is -3.82. The van der Waals surface area contributed by atoms with Crippen molar-refractivity contribution in [1.82, 2.24) is 9.97 Å². The summed E-state index contributed by atoms with van der Waals surface area (Å²) >= 11 is 3.49. The predicted octanol–water partition coefficient (Wildman–Crippen LogP) is 4.40. The molecule has 2 N–H and O–H groups in total. The van der Waals surface area contributed by atoms with Crippen LogP contribution in [0.15, 0.2) is 70.3 Å². The molecule has 8 nitrogen and oxygen atoms in total. The van der Waals surface area contributed by atoms with E-state index in [1.165, 1.54) is 42.2 Å². The van der Waals surface area contributed by atoms with E-state index in [9.17, 15) is 13.2 Å². The quantitative estimate of drug-likeness (QED) is 0.385. The summed E-state index contributed by atoms with van der Waals surface area (Å²) in [4.78, 5) is 19.9. The number of nitrogens with zero attached hydrogens (tertiary/aromatic N) is 2. The maximum absolute atomic E-state index is 12.4. The maximum atomic E-state index is 12.4. The molecule has 3 rings (SSSR count). The molecule has 32 heavy (non-hydrogen) atoms. The van der Waals surface area contributed by atoms with Gasteiger partial charge in [0.1, 0.15) is 5.75 Å². The number of benzene rings is 2. The molecule has 3 aromatic rings. The number of carbonyl (C=O) groups excluding carboxylic acids is 1. The molecule has 0 saturated carbocycles. The fraction of sp³-hybridized carbons (Fsp3) is 0.227. The number of ether oxygens (including phenoxy) is 1. The van der Waals surface area contributed by atoms with E-state index in [4.69, 9.17) is 4.74 Å². The van der Waals surface area contributed by atoms with Gasteiger partial charge in [0.25, 0.3) is 10.0 Å². The van der Waals surface area contributed by atoms with Crippen molar-refractivity contribution < 1.29 is 17.9 Å². The summed E-state index contributed by atoms with van der Waals surface area (Å²) in [6, 6.07) is 13.4. The zero-order valence-electron chi connectivity index (χ0n) is 17.4. The van der Waals surface area contributed by atoms with Gasteiger partial charge in [0.05, 0.1) is 16.0 Å². The van der Waals surface area contributed by atoms with Gasteiger partial charge >= 0.3 is 0 Å². The second-order valence-corrected chi connectivity index (χ2v) is 9.36. The SMILES string of the molecule is CCc1ccc(OCCCC(=O)Nc2ccc(S(=O)(=O)Nc3ncccn3)cc2)c(Br)c1. The van der Waals surface area contributed by atoms with Crippen molar-refractivity contribution in [3.05, 3.63) is 71.0 Å². The Morgan fingerprint density at radius 2 is 1.81 bits per heavy atom. The van der Waals surface area contributed by atoms with Crippen molar-refractivity contribution in [3.8, 4) is 5.75 Å². The number of halogens is 1. The number of nitrogens with one attached hydrogen (secondary N) is 2.